The standard InChI is InChI=1S/C16H24ClN3O/c1-4-9-18-15(8-7-13-6-5-10-21-13)16-14(17)11-19-20(16)12(2)3/h5-6,10-12,15,18H,4,7-9H2,1-3H3. The summed E-state index contributed by atoms with van der Waals surface area (Å²) in [5.74, 6) is 1.00. The fraction of sp³-hybridized carbons (Fsp3) is 0.562. The van der Waals surface area contributed by atoms with Crippen LogP contribution in [0.1, 0.15) is 57.2 Å². The fourth-order valence-corrected chi connectivity index (χ4v) is 2.75. The second kappa shape index (κ2) is 7.66. The highest BCUT2D eigenvalue weighted by molar-refractivity contribution is 6.31. The lowest BCUT2D eigenvalue weighted by Gasteiger charge is -2.22. The van der Waals surface area contributed by atoms with E-state index in [9.17, 15) is 0 Å². The molecule has 0 aliphatic heterocycles. The first-order chi connectivity index (χ1) is 10.1. The number of aromatic nitrogens is 2. The molecule has 2 aromatic heterocycles. The number of nitrogens with zero attached hydrogens (tertiary/aromatic N) is 2. The zero-order valence-corrected chi connectivity index (χ0v) is 13.7. The van der Waals surface area contributed by atoms with Crippen LogP contribution < -0.4 is 5.32 Å². The Labute approximate surface area is 131 Å². The first-order valence-corrected chi connectivity index (χ1v) is 8.00. The van der Waals surface area contributed by atoms with E-state index < -0.39 is 0 Å². The fourth-order valence-electron chi connectivity index (χ4n) is 2.48. The molecule has 0 aliphatic carbocycles. The third-order valence-corrected chi connectivity index (χ3v) is 3.80. The molecule has 2 aromatic rings. The lowest BCUT2D eigenvalue weighted by molar-refractivity contribution is 0.412. The van der Waals surface area contributed by atoms with E-state index in [1.807, 2.05) is 16.8 Å². The Morgan fingerprint density at radius 2 is 2.24 bits per heavy atom. The molecule has 1 atom stereocenters. The van der Waals surface area contributed by atoms with Gasteiger partial charge in [-0.2, -0.15) is 5.10 Å². The highest BCUT2D eigenvalue weighted by Crippen LogP contribution is 2.28. The van der Waals surface area contributed by atoms with Crippen LogP contribution in [0.2, 0.25) is 5.02 Å². The summed E-state index contributed by atoms with van der Waals surface area (Å²) < 4.78 is 7.44. The average molecular weight is 310 g/mol. The van der Waals surface area contributed by atoms with Gasteiger partial charge in [-0.15, -0.1) is 0 Å². The predicted octanol–water partition coefficient (Wildman–Crippen LogP) is 4.38. The van der Waals surface area contributed by atoms with E-state index >= 15 is 0 Å². The second-order valence-corrected chi connectivity index (χ2v) is 5.95. The van der Waals surface area contributed by atoms with Gasteiger partial charge in [0, 0.05) is 12.5 Å². The van der Waals surface area contributed by atoms with E-state index in [0.717, 1.165) is 42.3 Å². The van der Waals surface area contributed by atoms with Gasteiger partial charge in [-0.3, -0.25) is 4.68 Å². The molecule has 0 saturated heterocycles. The maximum absolute atomic E-state index is 6.38. The van der Waals surface area contributed by atoms with Crippen molar-refractivity contribution in [3.8, 4) is 0 Å². The van der Waals surface area contributed by atoms with Crippen molar-refractivity contribution >= 4 is 11.6 Å². The first-order valence-electron chi connectivity index (χ1n) is 7.62. The van der Waals surface area contributed by atoms with Crippen LogP contribution in [-0.4, -0.2) is 16.3 Å². The minimum Gasteiger partial charge on any atom is -0.469 e. The number of aryl methyl sites for hydroxylation is 1. The number of hydrogen-bond acceptors (Lipinski definition) is 3. The molecule has 0 aliphatic rings. The first kappa shape index (κ1) is 16.1. The van der Waals surface area contributed by atoms with Crippen molar-refractivity contribution in [2.45, 2.75) is 52.1 Å². The Morgan fingerprint density at radius 1 is 1.43 bits per heavy atom. The van der Waals surface area contributed by atoms with E-state index in [4.69, 9.17) is 16.0 Å². The van der Waals surface area contributed by atoms with Crippen LogP contribution in [0.3, 0.4) is 0 Å². The zero-order valence-electron chi connectivity index (χ0n) is 13.0. The van der Waals surface area contributed by atoms with Crippen LogP contribution in [0.25, 0.3) is 0 Å². The molecule has 21 heavy (non-hydrogen) atoms. The number of halogens is 1. The van der Waals surface area contributed by atoms with E-state index in [-0.39, 0.29) is 6.04 Å². The largest absolute Gasteiger partial charge is 0.469 e. The molecule has 0 aromatic carbocycles. The van der Waals surface area contributed by atoms with Gasteiger partial charge >= 0.3 is 0 Å². The summed E-state index contributed by atoms with van der Waals surface area (Å²) in [5, 5.41) is 8.73. The Balaban J connectivity index is 2.16. The molecule has 116 valence electrons. The van der Waals surface area contributed by atoms with E-state index in [0.29, 0.717) is 6.04 Å². The van der Waals surface area contributed by atoms with Crippen molar-refractivity contribution in [1.29, 1.82) is 0 Å². The van der Waals surface area contributed by atoms with Gasteiger partial charge in [0.05, 0.1) is 29.2 Å². The molecule has 2 heterocycles. The van der Waals surface area contributed by atoms with Gasteiger partial charge in [0.15, 0.2) is 0 Å². The van der Waals surface area contributed by atoms with Crippen LogP contribution in [0.5, 0.6) is 0 Å². The highest BCUT2D eigenvalue weighted by Gasteiger charge is 2.21. The topological polar surface area (TPSA) is 43.0 Å². The molecule has 0 bridgehead atoms. The van der Waals surface area contributed by atoms with Crippen molar-refractivity contribution in [3.63, 3.8) is 0 Å². The number of nitrogens with one attached hydrogen (secondary N) is 1. The van der Waals surface area contributed by atoms with Crippen LogP contribution >= 0.6 is 11.6 Å². The molecule has 4 nitrogen and oxygen atoms in total. The normalized spacial score (nSPS) is 13.0. The van der Waals surface area contributed by atoms with Gasteiger partial charge < -0.3 is 9.73 Å². The molecule has 0 saturated carbocycles. The maximum atomic E-state index is 6.38. The molecule has 0 spiro atoms. The second-order valence-electron chi connectivity index (χ2n) is 5.54. The molecule has 1 unspecified atom stereocenters. The molecule has 0 amide bonds. The van der Waals surface area contributed by atoms with Crippen molar-refractivity contribution in [2.75, 3.05) is 6.54 Å². The van der Waals surface area contributed by atoms with Crippen LogP contribution in [0.4, 0.5) is 0 Å². The van der Waals surface area contributed by atoms with Crippen molar-refractivity contribution in [3.05, 3.63) is 41.1 Å². The highest BCUT2D eigenvalue weighted by atomic mass is 35.5. The number of furan rings is 1. The maximum Gasteiger partial charge on any atom is 0.103 e. The van der Waals surface area contributed by atoms with Gasteiger partial charge in [0.2, 0.25) is 0 Å². The van der Waals surface area contributed by atoms with Crippen LogP contribution in [-0.2, 0) is 6.42 Å². The van der Waals surface area contributed by atoms with Crippen molar-refractivity contribution in [1.82, 2.24) is 15.1 Å². The summed E-state index contributed by atoms with van der Waals surface area (Å²) >= 11 is 6.38. The molecule has 0 fully saturated rings. The number of hydrogen-bond donors (Lipinski definition) is 1. The monoisotopic (exact) mass is 309 g/mol. The minimum atomic E-state index is 0.187. The van der Waals surface area contributed by atoms with Crippen LogP contribution in [0.15, 0.2) is 29.0 Å². The van der Waals surface area contributed by atoms with Gasteiger partial charge in [-0.1, -0.05) is 18.5 Å². The Hall–Kier alpha value is -1.26. The smallest absolute Gasteiger partial charge is 0.103 e. The SMILES string of the molecule is CCCNC(CCc1ccco1)c1c(Cl)cnn1C(C)C. The van der Waals surface area contributed by atoms with Gasteiger partial charge in [0.1, 0.15) is 5.76 Å². The van der Waals surface area contributed by atoms with E-state index in [2.05, 4.69) is 31.2 Å². The molecule has 2 rings (SSSR count). The lowest BCUT2D eigenvalue weighted by atomic mass is 10.1. The summed E-state index contributed by atoms with van der Waals surface area (Å²) in [7, 11) is 0. The summed E-state index contributed by atoms with van der Waals surface area (Å²) in [6.07, 6.45) is 6.36. The van der Waals surface area contributed by atoms with Crippen molar-refractivity contribution in [2.24, 2.45) is 0 Å². The molecule has 5 heteroatoms. The number of rotatable bonds is 8. The summed E-state index contributed by atoms with van der Waals surface area (Å²) in [6, 6.07) is 4.42. The lowest BCUT2D eigenvalue weighted by Crippen LogP contribution is -2.26. The third-order valence-electron chi connectivity index (χ3n) is 3.51. The molecule has 0 radical (unpaired) electrons. The quantitative estimate of drug-likeness (QED) is 0.786. The van der Waals surface area contributed by atoms with Crippen molar-refractivity contribution < 1.29 is 4.42 Å². The molecule has 1 N–H and O–H groups in total. The predicted molar refractivity (Wildman–Crippen MR) is 85.7 cm³/mol. The summed E-state index contributed by atoms with van der Waals surface area (Å²) in [5.41, 5.74) is 1.08. The summed E-state index contributed by atoms with van der Waals surface area (Å²) in [6.45, 7) is 7.37. The Bertz CT molecular complexity index is 534. The Morgan fingerprint density at radius 3 is 2.86 bits per heavy atom. The average Bonchev–Trinajstić information content (AvgIpc) is 3.09. The van der Waals surface area contributed by atoms with Gasteiger partial charge in [-0.05, 0) is 45.4 Å². The molecular weight excluding hydrogens is 286 g/mol. The zero-order chi connectivity index (χ0) is 15.2. The van der Waals surface area contributed by atoms with Crippen LogP contribution in [0, 0.1) is 0 Å². The third kappa shape index (κ3) is 4.11. The van der Waals surface area contributed by atoms with Gasteiger partial charge in [-0.25, -0.2) is 0 Å². The summed E-state index contributed by atoms with van der Waals surface area (Å²) in [4.78, 5) is 0. The van der Waals surface area contributed by atoms with E-state index in [1.54, 1.807) is 12.5 Å². The van der Waals surface area contributed by atoms with Gasteiger partial charge in [0.25, 0.3) is 0 Å². The minimum absolute atomic E-state index is 0.187. The molecular formula is C16H24ClN3O. The van der Waals surface area contributed by atoms with E-state index in [1.165, 1.54) is 0 Å². The Kier molecular flexibility index (Phi) is 5.88.